The number of para-hydroxylation sites is 2. The van der Waals surface area contributed by atoms with Gasteiger partial charge in [0.05, 0.1) is 5.92 Å². The van der Waals surface area contributed by atoms with Crippen molar-refractivity contribution in [3.63, 3.8) is 0 Å². The molecule has 0 bridgehead atoms. The molecule has 2 atom stereocenters. The smallest absolute Gasteiger partial charge is 0.312 e. The van der Waals surface area contributed by atoms with Gasteiger partial charge in [-0.2, -0.15) is 0 Å². The normalized spacial score (nSPS) is 17.3. The molecular formula is C24H24N2O4. The number of nitrogens with zero attached hydrogens (tertiary/aromatic N) is 1. The number of Topliss-reactive ketones (excluding diaryl/α,β-unsaturated/α-hetero) is 1. The van der Waals surface area contributed by atoms with Gasteiger partial charge < -0.3 is 14.6 Å². The van der Waals surface area contributed by atoms with E-state index in [-0.39, 0.29) is 24.7 Å². The third-order valence-electron chi connectivity index (χ3n) is 5.64. The van der Waals surface area contributed by atoms with Crippen molar-refractivity contribution >= 4 is 34.3 Å². The molecule has 1 aliphatic heterocycles. The van der Waals surface area contributed by atoms with Gasteiger partial charge in [-0.3, -0.25) is 14.4 Å². The van der Waals surface area contributed by atoms with Gasteiger partial charge in [0.2, 0.25) is 11.7 Å². The number of aryl methyl sites for hydroxylation is 1. The van der Waals surface area contributed by atoms with Crippen LogP contribution in [-0.2, 0) is 20.7 Å². The average molecular weight is 404 g/mol. The molecule has 1 aromatic heterocycles. The van der Waals surface area contributed by atoms with Crippen molar-refractivity contribution in [3.05, 3.63) is 65.9 Å². The van der Waals surface area contributed by atoms with E-state index in [0.29, 0.717) is 5.56 Å². The second kappa shape index (κ2) is 8.14. The number of ketones is 1. The summed E-state index contributed by atoms with van der Waals surface area (Å²) in [6.07, 6.45) is 1.60. The van der Waals surface area contributed by atoms with Crippen LogP contribution in [0.2, 0.25) is 0 Å². The van der Waals surface area contributed by atoms with Crippen LogP contribution in [0.15, 0.2) is 54.7 Å². The van der Waals surface area contributed by atoms with E-state index in [1.807, 2.05) is 55.5 Å². The van der Waals surface area contributed by atoms with Gasteiger partial charge in [0, 0.05) is 41.3 Å². The zero-order chi connectivity index (χ0) is 21.3. The predicted octanol–water partition coefficient (Wildman–Crippen LogP) is 3.90. The molecule has 2 heterocycles. The lowest BCUT2D eigenvalue weighted by atomic mass is 10.1. The molecule has 30 heavy (non-hydrogen) atoms. The van der Waals surface area contributed by atoms with Crippen LogP contribution in [0.5, 0.6) is 0 Å². The number of anilines is 1. The number of aromatic amines is 1. The van der Waals surface area contributed by atoms with E-state index >= 15 is 0 Å². The molecule has 6 heteroatoms. The topological polar surface area (TPSA) is 79.5 Å². The summed E-state index contributed by atoms with van der Waals surface area (Å²) in [6.45, 7) is 3.87. The number of carbonyl (C=O) groups is 3. The summed E-state index contributed by atoms with van der Waals surface area (Å²) < 4.78 is 5.48. The van der Waals surface area contributed by atoms with Crippen molar-refractivity contribution in [2.75, 3.05) is 11.4 Å². The van der Waals surface area contributed by atoms with Crippen LogP contribution in [0.1, 0.15) is 36.2 Å². The summed E-state index contributed by atoms with van der Waals surface area (Å²) in [6, 6.07) is 15.2. The standard InChI is InChI=1S/C24H24N2O4/c1-3-16-8-4-7-11-21(16)26-14-17(12-22(26)27)24(29)30-15(2)23(28)19-13-25-20-10-6-5-9-18(19)20/h4-11,13,15,17,25H,3,12,14H2,1-2H3/t15-,17+/m1/s1. The maximum Gasteiger partial charge on any atom is 0.312 e. The Morgan fingerprint density at radius 2 is 1.90 bits per heavy atom. The Morgan fingerprint density at radius 3 is 2.70 bits per heavy atom. The van der Waals surface area contributed by atoms with E-state index in [4.69, 9.17) is 4.74 Å². The lowest BCUT2D eigenvalue weighted by Gasteiger charge is -2.20. The van der Waals surface area contributed by atoms with Crippen molar-refractivity contribution in [2.24, 2.45) is 5.92 Å². The van der Waals surface area contributed by atoms with Crippen molar-refractivity contribution in [3.8, 4) is 0 Å². The Balaban J connectivity index is 1.45. The second-order valence-electron chi connectivity index (χ2n) is 7.58. The molecule has 1 N–H and O–H groups in total. The van der Waals surface area contributed by atoms with Crippen molar-refractivity contribution in [1.82, 2.24) is 4.98 Å². The molecule has 0 unspecified atom stereocenters. The number of hydrogen-bond donors (Lipinski definition) is 1. The lowest BCUT2D eigenvalue weighted by Crippen LogP contribution is -2.30. The molecular weight excluding hydrogens is 380 g/mol. The van der Waals surface area contributed by atoms with Crippen molar-refractivity contribution in [2.45, 2.75) is 32.8 Å². The fourth-order valence-electron chi connectivity index (χ4n) is 3.99. The van der Waals surface area contributed by atoms with Crippen LogP contribution in [-0.4, -0.2) is 35.3 Å². The monoisotopic (exact) mass is 404 g/mol. The number of rotatable bonds is 6. The van der Waals surface area contributed by atoms with E-state index in [1.54, 1.807) is 18.0 Å². The zero-order valence-electron chi connectivity index (χ0n) is 17.1. The average Bonchev–Trinajstić information content (AvgIpc) is 3.36. The van der Waals surface area contributed by atoms with Gasteiger partial charge in [-0.15, -0.1) is 0 Å². The Morgan fingerprint density at radius 1 is 1.17 bits per heavy atom. The van der Waals surface area contributed by atoms with Gasteiger partial charge in [-0.25, -0.2) is 0 Å². The largest absolute Gasteiger partial charge is 0.454 e. The van der Waals surface area contributed by atoms with Crippen LogP contribution in [0.3, 0.4) is 0 Å². The number of hydrogen-bond acceptors (Lipinski definition) is 4. The zero-order valence-corrected chi connectivity index (χ0v) is 17.1. The highest BCUT2D eigenvalue weighted by Crippen LogP contribution is 2.29. The highest BCUT2D eigenvalue weighted by molar-refractivity contribution is 6.10. The number of nitrogens with one attached hydrogen (secondary N) is 1. The minimum absolute atomic E-state index is 0.0882. The van der Waals surface area contributed by atoms with Crippen LogP contribution in [0, 0.1) is 5.92 Å². The summed E-state index contributed by atoms with van der Waals surface area (Å²) in [5.74, 6) is -1.46. The van der Waals surface area contributed by atoms with Gasteiger partial charge in [-0.05, 0) is 31.0 Å². The first kappa shape index (κ1) is 19.9. The molecule has 154 valence electrons. The van der Waals surface area contributed by atoms with Crippen LogP contribution < -0.4 is 4.90 Å². The number of H-pyrrole nitrogens is 1. The van der Waals surface area contributed by atoms with Crippen molar-refractivity contribution < 1.29 is 19.1 Å². The first-order valence-electron chi connectivity index (χ1n) is 10.2. The quantitative estimate of drug-likeness (QED) is 0.499. The molecule has 0 saturated carbocycles. The third kappa shape index (κ3) is 3.61. The summed E-state index contributed by atoms with van der Waals surface area (Å²) in [5, 5.41) is 0.795. The number of aromatic nitrogens is 1. The molecule has 0 radical (unpaired) electrons. The second-order valence-corrected chi connectivity index (χ2v) is 7.58. The Hall–Kier alpha value is -3.41. The third-order valence-corrected chi connectivity index (χ3v) is 5.64. The number of benzene rings is 2. The van der Waals surface area contributed by atoms with E-state index < -0.39 is 18.0 Å². The van der Waals surface area contributed by atoms with E-state index in [9.17, 15) is 14.4 Å². The Labute approximate surface area is 174 Å². The van der Waals surface area contributed by atoms with Gasteiger partial charge >= 0.3 is 5.97 Å². The molecule has 1 saturated heterocycles. The van der Waals surface area contributed by atoms with Crippen LogP contribution in [0.25, 0.3) is 10.9 Å². The molecule has 0 spiro atoms. The van der Waals surface area contributed by atoms with Crippen LogP contribution in [0.4, 0.5) is 5.69 Å². The van der Waals surface area contributed by atoms with E-state index in [1.165, 1.54) is 0 Å². The Bertz CT molecular complexity index is 1120. The van der Waals surface area contributed by atoms with Gasteiger partial charge in [0.25, 0.3) is 0 Å². The van der Waals surface area contributed by atoms with Crippen molar-refractivity contribution in [1.29, 1.82) is 0 Å². The molecule has 1 aliphatic rings. The maximum atomic E-state index is 12.8. The molecule has 2 aromatic carbocycles. The van der Waals surface area contributed by atoms with Gasteiger partial charge in [0.1, 0.15) is 0 Å². The number of ether oxygens (including phenoxy) is 1. The highest BCUT2D eigenvalue weighted by atomic mass is 16.5. The first-order chi connectivity index (χ1) is 14.5. The summed E-state index contributed by atoms with van der Waals surface area (Å²) in [4.78, 5) is 42.8. The maximum absolute atomic E-state index is 12.8. The number of carbonyl (C=O) groups excluding carboxylic acids is 3. The number of amides is 1. The minimum Gasteiger partial charge on any atom is -0.454 e. The minimum atomic E-state index is -0.927. The molecule has 0 aliphatic carbocycles. The van der Waals surface area contributed by atoms with Gasteiger partial charge in [0.15, 0.2) is 6.10 Å². The molecule has 3 aromatic rings. The summed E-state index contributed by atoms with van der Waals surface area (Å²) in [5.41, 5.74) is 3.24. The molecule has 1 amide bonds. The van der Waals surface area contributed by atoms with Crippen LogP contribution >= 0.6 is 0 Å². The fourth-order valence-corrected chi connectivity index (χ4v) is 3.99. The molecule has 1 fully saturated rings. The predicted molar refractivity (Wildman–Crippen MR) is 114 cm³/mol. The molecule has 6 nitrogen and oxygen atoms in total. The highest BCUT2D eigenvalue weighted by Gasteiger charge is 2.38. The van der Waals surface area contributed by atoms with E-state index in [2.05, 4.69) is 4.98 Å². The molecule has 4 rings (SSSR count). The summed E-state index contributed by atoms with van der Waals surface area (Å²) >= 11 is 0. The number of esters is 1. The number of fused-ring (bicyclic) bond motifs is 1. The first-order valence-corrected chi connectivity index (χ1v) is 10.2. The lowest BCUT2D eigenvalue weighted by molar-refractivity contribution is -0.151. The van der Waals surface area contributed by atoms with E-state index in [0.717, 1.165) is 28.6 Å². The summed E-state index contributed by atoms with van der Waals surface area (Å²) in [7, 11) is 0. The SMILES string of the molecule is CCc1ccccc1N1C[C@@H](C(=O)O[C@H](C)C(=O)c2c[nH]c3ccccc23)CC1=O. The Kier molecular flexibility index (Phi) is 5.40. The fraction of sp³-hybridized carbons (Fsp3) is 0.292. The van der Waals surface area contributed by atoms with Gasteiger partial charge in [-0.1, -0.05) is 43.3 Å².